The van der Waals surface area contributed by atoms with E-state index in [0.717, 1.165) is 24.3 Å². The summed E-state index contributed by atoms with van der Waals surface area (Å²) in [6.45, 7) is 6.77. The molecule has 2 aromatic carbocycles. The standard InChI is InChI=1S/C31H30F6N4O7S/c1-16-22-15-21(39-41(22)10-9-40(16)29(42)47-30(2,3)4)27-25(26-20(34)13-17(32)14-23(26)46-12-11-45-5)18-7-6-8-19(33)24(18)28(38-27)48-49(43,44)31(35,36)37/h6-8,13-16H,9-12H2,1-5H3/t16-/m1/s1. The van der Waals surface area contributed by atoms with Gasteiger partial charge in [-0.3, -0.25) is 9.58 Å². The van der Waals surface area contributed by atoms with Crippen LogP contribution in [0.5, 0.6) is 11.6 Å². The molecule has 4 aromatic rings. The number of halogens is 6. The SMILES string of the molecule is COCCOc1cc(F)cc(F)c1-c1c(-c2cc3n(n2)CCN(C(=O)OC(C)(C)C)[C@@H]3C)nc(OS(=O)(=O)C(F)(F)F)c2c(F)cccc12. The van der Waals surface area contributed by atoms with Crippen LogP contribution in [0.2, 0.25) is 0 Å². The summed E-state index contributed by atoms with van der Waals surface area (Å²) >= 11 is 0. The molecule has 0 unspecified atom stereocenters. The van der Waals surface area contributed by atoms with Gasteiger partial charge in [0, 0.05) is 36.7 Å². The number of rotatable bonds is 8. The molecule has 0 spiro atoms. The number of fused-ring (bicyclic) bond motifs is 2. The fourth-order valence-corrected chi connectivity index (χ4v) is 5.69. The summed E-state index contributed by atoms with van der Waals surface area (Å²) in [5, 5.41) is 3.27. The van der Waals surface area contributed by atoms with Crippen molar-refractivity contribution >= 4 is 27.0 Å². The van der Waals surface area contributed by atoms with Crippen LogP contribution in [0.25, 0.3) is 33.3 Å². The number of hydrogen-bond donors (Lipinski definition) is 0. The van der Waals surface area contributed by atoms with Crippen molar-refractivity contribution in [2.75, 3.05) is 26.9 Å². The lowest BCUT2D eigenvalue weighted by Crippen LogP contribution is -2.43. The summed E-state index contributed by atoms with van der Waals surface area (Å²) in [6, 6.07) is 5.16. The van der Waals surface area contributed by atoms with Crippen molar-refractivity contribution in [3.63, 3.8) is 0 Å². The number of pyridine rings is 1. The van der Waals surface area contributed by atoms with Crippen LogP contribution in [0, 0.1) is 17.5 Å². The van der Waals surface area contributed by atoms with Crippen molar-refractivity contribution in [1.82, 2.24) is 19.7 Å². The number of methoxy groups -OCH3 is 1. The molecule has 1 aliphatic heterocycles. The van der Waals surface area contributed by atoms with E-state index in [1.54, 1.807) is 27.7 Å². The molecule has 3 heterocycles. The second kappa shape index (κ2) is 13.0. The zero-order valence-corrected chi connectivity index (χ0v) is 27.5. The van der Waals surface area contributed by atoms with Crippen molar-refractivity contribution in [3.8, 4) is 34.1 Å². The van der Waals surface area contributed by atoms with Gasteiger partial charge in [-0.2, -0.15) is 26.7 Å². The Morgan fingerprint density at radius 2 is 1.71 bits per heavy atom. The number of hydrogen-bond acceptors (Lipinski definition) is 9. The smallest absolute Gasteiger partial charge is 0.490 e. The van der Waals surface area contributed by atoms with Gasteiger partial charge >= 0.3 is 21.7 Å². The Kier molecular flexibility index (Phi) is 9.50. The highest BCUT2D eigenvalue weighted by Crippen LogP contribution is 2.47. The van der Waals surface area contributed by atoms with Crippen molar-refractivity contribution in [3.05, 3.63) is 59.5 Å². The zero-order valence-electron chi connectivity index (χ0n) is 26.7. The Morgan fingerprint density at radius 3 is 2.37 bits per heavy atom. The lowest BCUT2D eigenvalue weighted by Gasteiger charge is -2.35. The Bertz CT molecular complexity index is 2030. The van der Waals surface area contributed by atoms with Crippen LogP contribution in [0.1, 0.15) is 39.4 Å². The molecular weight excluding hydrogens is 686 g/mol. The van der Waals surface area contributed by atoms with E-state index in [0.29, 0.717) is 11.8 Å². The first-order valence-corrected chi connectivity index (χ1v) is 16.1. The third-order valence-corrected chi connectivity index (χ3v) is 8.31. The Balaban J connectivity index is 1.81. The molecule has 1 aliphatic rings. The molecule has 0 bridgehead atoms. The average molecular weight is 717 g/mol. The van der Waals surface area contributed by atoms with Crippen molar-refractivity contribution in [2.45, 2.75) is 51.4 Å². The summed E-state index contributed by atoms with van der Waals surface area (Å²) in [6.07, 6.45) is -0.631. The molecule has 0 aliphatic carbocycles. The van der Waals surface area contributed by atoms with Crippen LogP contribution < -0.4 is 8.92 Å². The highest BCUT2D eigenvalue weighted by Gasteiger charge is 2.49. The van der Waals surface area contributed by atoms with Gasteiger partial charge in [0.15, 0.2) is 0 Å². The lowest BCUT2D eigenvalue weighted by molar-refractivity contribution is -0.0501. The van der Waals surface area contributed by atoms with E-state index in [4.69, 9.17) is 14.2 Å². The van der Waals surface area contributed by atoms with E-state index in [-0.39, 0.29) is 42.9 Å². The Hall–Kier alpha value is -4.58. The summed E-state index contributed by atoms with van der Waals surface area (Å²) in [5.74, 6) is -5.27. The predicted molar refractivity (Wildman–Crippen MR) is 163 cm³/mol. The van der Waals surface area contributed by atoms with E-state index in [1.807, 2.05) is 0 Å². The summed E-state index contributed by atoms with van der Waals surface area (Å²) in [4.78, 5) is 18.4. The molecule has 1 amide bonds. The second-order valence-electron chi connectivity index (χ2n) is 11.9. The Morgan fingerprint density at radius 1 is 1.00 bits per heavy atom. The van der Waals surface area contributed by atoms with Gasteiger partial charge in [0.25, 0.3) is 0 Å². The van der Waals surface area contributed by atoms with Gasteiger partial charge in [0.05, 0.1) is 35.8 Å². The maximum Gasteiger partial charge on any atom is 0.534 e. The first kappa shape index (κ1) is 35.7. The van der Waals surface area contributed by atoms with Crippen molar-refractivity contribution in [2.24, 2.45) is 0 Å². The average Bonchev–Trinajstić information content (AvgIpc) is 3.41. The molecule has 49 heavy (non-hydrogen) atoms. The molecule has 0 N–H and O–H groups in total. The highest BCUT2D eigenvalue weighted by atomic mass is 32.2. The second-order valence-corrected chi connectivity index (χ2v) is 13.5. The molecular formula is C31H30F6N4O7S. The minimum absolute atomic E-state index is 0.0140. The molecule has 0 radical (unpaired) electrons. The minimum Gasteiger partial charge on any atom is -0.490 e. The van der Waals surface area contributed by atoms with E-state index < -0.39 is 79.1 Å². The van der Waals surface area contributed by atoms with E-state index in [2.05, 4.69) is 14.3 Å². The maximum absolute atomic E-state index is 15.9. The van der Waals surface area contributed by atoms with Gasteiger partial charge in [-0.15, -0.1) is 0 Å². The third kappa shape index (κ3) is 7.10. The first-order valence-electron chi connectivity index (χ1n) is 14.6. The zero-order chi connectivity index (χ0) is 36.1. The molecule has 18 heteroatoms. The molecule has 2 aromatic heterocycles. The number of nitrogens with zero attached hydrogens (tertiary/aromatic N) is 4. The molecule has 0 saturated carbocycles. The molecule has 264 valence electrons. The van der Waals surface area contributed by atoms with Crippen LogP contribution in [0.15, 0.2) is 36.4 Å². The van der Waals surface area contributed by atoms with Crippen molar-refractivity contribution < 1.29 is 57.9 Å². The van der Waals surface area contributed by atoms with E-state index in [1.165, 1.54) is 22.8 Å². The number of carbonyl (C=O) groups is 1. The number of alkyl halides is 3. The molecule has 1 atom stereocenters. The van der Waals surface area contributed by atoms with E-state index >= 15 is 8.78 Å². The fraction of sp³-hybridized carbons (Fsp3) is 0.387. The van der Waals surface area contributed by atoms with Crippen LogP contribution in [0.3, 0.4) is 0 Å². The van der Waals surface area contributed by atoms with Gasteiger partial charge < -0.3 is 18.4 Å². The highest BCUT2D eigenvalue weighted by molar-refractivity contribution is 7.88. The van der Waals surface area contributed by atoms with Gasteiger partial charge in [-0.25, -0.2) is 22.9 Å². The van der Waals surface area contributed by atoms with E-state index in [9.17, 15) is 30.8 Å². The van der Waals surface area contributed by atoms with Gasteiger partial charge in [-0.05, 0) is 39.8 Å². The monoisotopic (exact) mass is 716 g/mol. The number of aromatic nitrogens is 3. The molecule has 0 saturated heterocycles. The van der Waals surface area contributed by atoms with Gasteiger partial charge in [0.2, 0.25) is 5.88 Å². The number of amides is 1. The van der Waals surface area contributed by atoms with Gasteiger partial charge in [0.1, 0.15) is 46.8 Å². The van der Waals surface area contributed by atoms with Crippen molar-refractivity contribution in [1.29, 1.82) is 0 Å². The summed E-state index contributed by atoms with van der Waals surface area (Å²) < 4.78 is 133. The quantitative estimate of drug-likeness (QED) is 0.0844. The fourth-order valence-electron chi connectivity index (χ4n) is 5.27. The first-order chi connectivity index (χ1) is 22.8. The summed E-state index contributed by atoms with van der Waals surface area (Å²) in [5.41, 5.74) is -7.79. The summed E-state index contributed by atoms with van der Waals surface area (Å²) in [7, 11) is -5.04. The molecule has 5 rings (SSSR count). The Labute approximate surface area is 276 Å². The lowest BCUT2D eigenvalue weighted by atomic mass is 9.94. The number of benzene rings is 2. The minimum atomic E-state index is -6.39. The number of ether oxygens (including phenoxy) is 3. The predicted octanol–water partition coefficient (Wildman–Crippen LogP) is 6.75. The van der Waals surface area contributed by atoms with Crippen LogP contribution in [-0.2, 0) is 26.1 Å². The van der Waals surface area contributed by atoms with Crippen LogP contribution in [0.4, 0.5) is 31.1 Å². The van der Waals surface area contributed by atoms with Crippen LogP contribution in [-0.4, -0.2) is 72.2 Å². The molecule has 0 fully saturated rings. The number of carbonyl (C=O) groups excluding carboxylic acids is 1. The largest absolute Gasteiger partial charge is 0.534 e. The third-order valence-electron chi connectivity index (χ3n) is 7.36. The normalized spacial score (nSPS) is 15.3. The topological polar surface area (TPSA) is 122 Å². The molecule has 11 nitrogen and oxygen atoms in total. The maximum atomic E-state index is 15.9. The van der Waals surface area contributed by atoms with Gasteiger partial charge in [-0.1, -0.05) is 12.1 Å². The van der Waals surface area contributed by atoms with Crippen LogP contribution >= 0.6 is 0 Å².